The van der Waals surface area contributed by atoms with Crippen LogP contribution in [0.2, 0.25) is 5.02 Å². The maximum absolute atomic E-state index is 12.6. The second-order valence-corrected chi connectivity index (χ2v) is 6.75. The Morgan fingerprint density at radius 1 is 1.26 bits per heavy atom. The van der Waals surface area contributed by atoms with E-state index in [1.807, 2.05) is 49.1 Å². The molecule has 1 unspecified atom stereocenters. The smallest absolute Gasteiger partial charge is 0.238 e. The first-order valence-electron chi connectivity index (χ1n) is 8.87. The van der Waals surface area contributed by atoms with Crippen molar-refractivity contribution in [3.63, 3.8) is 0 Å². The maximum atomic E-state index is 12.6. The van der Waals surface area contributed by atoms with Crippen molar-refractivity contribution in [1.29, 1.82) is 0 Å². The minimum absolute atomic E-state index is 0.0330. The van der Waals surface area contributed by atoms with E-state index in [0.717, 1.165) is 16.7 Å². The molecule has 0 spiro atoms. The lowest BCUT2D eigenvalue weighted by molar-refractivity contribution is -0.117. The van der Waals surface area contributed by atoms with Crippen LogP contribution >= 0.6 is 11.6 Å². The summed E-state index contributed by atoms with van der Waals surface area (Å²) in [4.78, 5) is 14.6. The number of hydrogen-bond donors (Lipinski definition) is 1. The van der Waals surface area contributed by atoms with E-state index >= 15 is 0 Å². The van der Waals surface area contributed by atoms with E-state index in [4.69, 9.17) is 20.8 Å². The third kappa shape index (κ3) is 4.43. The molecule has 0 saturated heterocycles. The van der Waals surface area contributed by atoms with Gasteiger partial charge in [-0.2, -0.15) is 0 Å². The van der Waals surface area contributed by atoms with Crippen molar-refractivity contribution in [3.05, 3.63) is 59.3 Å². The van der Waals surface area contributed by atoms with Gasteiger partial charge in [0.2, 0.25) is 5.91 Å². The first-order chi connectivity index (χ1) is 13.0. The van der Waals surface area contributed by atoms with Crippen molar-refractivity contribution in [1.82, 2.24) is 4.90 Å². The summed E-state index contributed by atoms with van der Waals surface area (Å²) in [5.74, 6) is 1.27. The summed E-state index contributed by atoms with van der Waals surface area (Å²) in [7, 11) is 1.56. The fourth-order valence-corrected chi connectivity index (χ4v) is 3.24. The molecule has 1 atom stereocenters. The Balaban J connectivity index is 1.72. The van der Waals surface area contributed by atoms with Gasteiger partial charge in [0, 0.05) is 10.4 Å². The number of methoxy groups -OCH3 is 1. The van der Waals surface area contributed by atoms with E-state index in [0.29, 0.717) is 23.0 Å². The molecule has 0 fully saturated rings. The van der Waals surface area contributed by atoms with Crippen molar-refractivity contribution in [3.8, 4) is 5.75 Å². The number of ether oxygens (including phenoxy) is 1. The lowest BCUT2D eigenvalue weighted by Crippen LogP contribution is -2.35. The van der Waals surface area contributed by atoms with Crippen LogP contribution in [0, 0.1) is 0 Å². The van der Waals surface area contributed by atoms with Crippen LogP contribution in [0.5, 0.6) is 5.75 Å². The van der Waals surface area contributed by atoms with Gasteiger partial charge in [-0.25, -0.2) is 0 Å². The number of hydrogen-bond acceptors (Lipinski definition) is 4. The number of rotatable bonds is 7. The van der Waals surface area contributed by atoms with Crippen LogP contribution in [0.1, 0.15) is 25.6 Å². The van der Waals surface area contributed by atoms with E-state index in [1.165, 1.54) is 0 Å². The van der Waals surface area contributed by atoms with Crippen LogP contribution in [-0.2, 0) is 4.79 Å². The molecule has 0 aliphatic carbocycles. The Morgan fingerprint density at radius 2 is 2.04 bits per heavy atom. The van der Waals surface area contributed by atoms with E-state index in [-0.39, 0.29) is 18.5 Å². The Morgan fingerprint density at radius 3 is 2.74 bits per heavy atom. The number of para-hydroxylation sites is 1. The second-order valence-electron chi connectivity index (χ2n) is 6.32. The minimum Gasteiger partial charge on any atom is -0.495 e. The number of fused-ring (bicyclic) bond motifs is 1. The molecule has 3 aromatic rings. The molecule has 1 aromatic heterocycles. The highest BCUT2D eigenvalue weighted by atomic mass is 35.5. The molecule has 5 nitrogen and oxygen atoms in total. The average molecular weight is 387 g/mol. The van der Waals surface area contributed by atoms with Gasteiger partial charge in [-0.1, -0.05) is 36.7 Å². The summed E-state index contributed by atoms with van der Waals surface area (Å²) in [6, 6.07) is 15.0. The molecule has 27 heavy (non-hydrogen) atoms. The molecule has 0 radical (unpaired) electrons. The predicted octanol–water partition coefficient (Wildman–Crippen LogP) is 5.12. The summed E-state index contributed by atoms with van der Waals surface area (Å²) >= 11 is 6.03. The molecule has 1 N–H and O–H groups in total. The molecule has 3 rings (SSSR count). The molecule has 1 amide bonds. The number of anilines is 1. The van der Waals surface area contributed by atoms with Gasteiger partial charge in [-0.05, 0) is 43.8 Å². The number of nitrogens with one attached hydrogen (secondary N) is 1. The van der Waals surface area contributed by atoms with Crippen LogP contribution in [0.15, 0.2) is 52.9 Å². The molecular weight excluding hydrogens is 364 g/mol. The molecule has 2 aromatic carbocycles. The summed E-state index contributed by atoms with van der Waals surface area (Å²) in [6.07, 6.45) is 0. The molecule has 6 heteroatoms. The number of halogens is 1. The van der Waals surface area contributed by atoms with Crippen molar-refractivity contribution in [2.24, 2.45) is 0 Å². The highest BCUT2D eigenvalue weighted by Gasteiger charge is 2.21. The van der Waals surface area contributed by atoms with E-state index in [9.17, 15) is 4.79 Å². The highest BCUT2D eigenvalue weighted by molar-refractivity contribution is 6.31. The SMILES string of the molecule is CCN(CC(=O)Nc1cc(Cl)ccc1OC)C(C)c1cc2ccccc2o1. The summed E-state index contributed by atoms with van der Waals surface area (Å²) in [6.45, 7) is 4.99. The van der Waals surface area contributed by atoms with Crippen LogP contribution in [0.4, 0.5) is 5.69 Å². The monoisotopic (exact) mass is 386 g/mol. The standard InChI is InChI=1S/C21H23ClN2O3/c1-4-24(14(2)20-11-15-7-5-6-8-18(15)27-20)13-21(25)23-17-12-16(22)9-10-19(17)26-3/h5-12,14H,4,13H2,1-3H3,(H,23,25). The van der Waals surface area contributed by atoms with E-state index < -0.39 is 0 Å². The van der Waals surface area contributed by atoms with Gasteiger partial charge in [0.1, 0.15) is 17.1 Å². The van der Waals surface area contributed by atoms with Gasteiger partial charge in [0.15, 0.2) is 0 Å². The third-order valence-corrected chi connectivity index (χ3v) is 4.83. The minimum atomic E-state index is -0.139. The average Bonchev–Trinajstić information content (AvgIpc) is 3.10. The first-order valence-corrected chi connectivity index (χ1v) is 9.25. The fourth-order valence-electron chi connectivity index (χ4n) is 3.06. The summed E-state index contributed by atoms with van der Waals surface area (Å²) < 4.78 is 11.2. The molecular formula is C21H23ClN2O3. The van der Waals surface area contributed by atoms with E-state index in [2.05, 4.69) is 5.32 Å². The Labute approximate surface area is 163 Å². The van der Waals surface area contributed by atoms with Crippen molar-refractivity contribution in [2.45, 2.75) is 19.9 Å². The molecule has 142 valence electrons. The largest absolute Gasteiger partial charge is 0.495 e. The number of furan rings is 1. The molecule has 1 heterocycles. The number of nitrogens with zero attached hydrogens (tertiary/aromatic N) is 1. The first kappa shape index (κ1) is 19.3. The van der Waals surface area contributed by atoms with Gasteiger partial charge < -0.3 is 14.5 Å². The van der Waals surface area contributed by atoms with Gasteiger partial charge in [0.05, 0.1) is 25.4 Å². The second kappa shape index (κ2) is 8.46. The lowest BCUT2D eigenvalue weighted by atomic mass is 10.2. The lowest BCUT2D eigenvalue weighted by Gasteiger charge is -2.25. The van der Waals surface area contributed by atoms with Gasteiger partial charge in [-0.15, -0.1) is 0 Å². The predicted molar refractivity (Wildman–Crippen MR) is 109 cm³/mol. The number of benzene rings is 2. The van der Waals surface area contributed by atoms with E-state index in [1.54, 1.807) is 25.3 Å². The number of likely N-dealkylation sites (N-methyl/N-ethyl adjacent to an activating group) is 1. The quantitative estimate of drug-likeness (QED) is 0.612. The number of amides is 1. The van der Waals surface area contributed by atoms with Crippen LogP contribution < -0.4 is 10.1 Å². The Hall–Kier alpha value is -2.50. The zero-order valence-electron chi connectivity index (χ0n) is 15.7. The molecule has 0 bridgehead atoms. The number of carbonyl (C=O) groups is 1. The zero-order chi connectivity index (χ0) is 19.4. The summed E-state index contributed by atoms with van der Waals surface area (Å²) in [5.41, 5.74) is 1.41. The van der Waals surface area contributed by atoms with Gasteiger partial charge in [-0.3, -0.25) is 9.69 Å². The van der Waals surface area contributed by atoms with Crippen molar-refractivity contribution >= 4 is 34.2 Å². The van der Waals surface area contributed by atoms with Crippen molar-refractivity contribution < 1.29 is 13.9 Å². The number of carbonyl (C=O) groups excluding carboxylic acids is 1. The van der Waals surface area contributed by atoms with Gasteiger partial charge in [0.25, 0.3) is 0 Å². The third-order valence-electron chi connectivity index (χ3n) is 4.59. The molecule has 0 aliphatic rings. The molecule has 0 aliphatic heterocycles. The van der Waals surface area contributed by atoms with Crippen LogP contribution in [0.25, 0.3) is 11.0 Å². The fraction of sp³-hybridized carbons (Fsp3) is 0.286. The Bertz CT molecular complexity index is 905. The van der Waals surface area contributed by atoms with Crippen molar-refractivity contribution in [2.75, 3.05) is 25.5 Å². The topological polar surface area (TPSA) is 54.7 Å². The maximum Gasteiger partial charge on any atom is 0.238 e. The highest BCUT2D eigenvalue weighted by Crippen LogP contribution is 2.29. The van der Waals surface area contributed by atoms with Crippen LogP contribution in [0.3, 0.4) is 0 Å². The normalized spacial score (nSPS) is 12.3. The summed E-state index contributed by atoms with van der Waals surface area (Å²) in [5, 5.41) is 4.47. The molecule has 0 saturated carbocycles. The van der Waals surface area contributed by atoms with Crippen LogP contribution in [-0.4, -0.2) is 31.0 Å². The Kier molecular flexibility index (Phi) is 6.04. The van der Waals surface area contributed by atoms with Gasteiger partial charge >= 0.3 is 0 Å². The zero-order valence-corrected chi connectivity index (χ0v) is 16.4.